The maximum absolute atomic E-state index is 11.9. The third kappa shape index (κ3) is 3.40. The number of Topliss-reactive ketones (excluding diaryl/α,β-unsaturated/α-hetero) is 1. The van der Waals surface area contributed by atoms with Gasteiger partial charge in [0.05, 0.1) is 0 Å². The van der Waals surface area contributed by atoms with Crippen LogP contribution in [0.3, 0.4) is 0 Å². The maximum atomic E-state index is 11.9. The highest BCUT2D eigenvalue weighted by Gasteiger charge is 2.19. The van der Waals surface area contributed by atoms with Gasteiger partial charge < -0.3 is 4.90 Å². The van der Waals surface area contributed by atoms with E-state index in [2.05, 4.69) is 11.8 Å². The fourth-order valence-electron chi connectivity index (χ4n) is 2.54. The van der Waals surface area contributed by atoms with Crippen molar-refractivity contribution in [2.24, 2.45) is 0 Å². The fourth-order valence-corrected chi connectivity index (χ4v) is 2.54. The van der Waals surface area contributed by atoms with Crippen LogP contribution in [0, 0.1) is 0 Å². The molecule has 1 fully saturated rings. The third-order valence-electron chi connectivity index (χ3n) is 3.64. The van der Waals surface area contributed by atoms with E-state index in [1.165, 1.54) is 19.4 Å². The molecule has 0 amide bonds. The van der Waals surface area contributed by atoms with Gasteiger partial charge in [0.1, 0.15) is 0 Å². The highest BCUT2D eigenvalue weighted by atomic mass is 16.1. The average Bonchev–Trinajstić information content (AvgIpc) is 2.76. The Hall–Kier alpha value is -1.15. The molecule has 1 atom stereocenters. The molecule has 1 unspecified atom stereocenters. The summed E-state index contributed by atoms with van der Waals surface area (Å²) in [7, 11) is 0. The second-order valence-corrected chi connectivity index (χ2v) is 4.92. The Bertz CT molecular complexity index is 360. The maximum Gasteiger partial charge on any atom is 0.162 e. The Morgan fingerprint density at radius 2 is 2.12 bits per heavy atom. The van der Waals surface area contributed by atoms with Gasteiger partial charge in [0.25, 0.3) is 0 Å². The van der Waals surface area contributed by atoms with Crippen LogP contribution in [0.25, 0.3) is 0 Å². The molecule has 0 bridgehead atoms. The normalized spacial score (nSPS) is 20.6. The van der Waals surface area contributed by atoms with E-state index in [0.29, 0.717) is 12.5 Å². The third-order valence-corrected chi connectivity index (χ3v) is 3.64. The summed E-state index contributed by atoms with van der Waals surface area (Å²) in [6, 6.07) is 10.3. The molecule has 1 heterocycles. The van der Waals surface area contributed by atoms with Crippen molar-refractivity contribution in [3.63, 3.8) is 0 Å². The van der Waals surface area contributed by atoms with Crippen LogP contribution in [-0.4, -0.2) is 29.8 Å². The Balaban J connectivity index is 1.74. The summed E-state index contributed by atoms with van der Waals surface area (Å²) < 4.78 is 0. The fraction of sp³-hybridized carbons (Fsp3) is 0.533. The van der Waals surface area contributed by atoms with Crippen LogP contribution in [-0.2, 0) is 0 Å². The molecule has 0 radical (unpaired) electrons. The Morgan fingerprint density at radius 3 is 2.76 bits per heavy atom. The zero-order chi connectivity index (χ0) is 12.1. The monoisotopic (exact) mass is 231 g/mol. The Kier molecular flexibility index (Phi) is 4.32. The first kappa shape index (κ1) is 12.3. The molecule has 1 aromatic carbocycles. The lowest BCUT2D eigenvalue weighted by atomic mass is 10.1. The van der Waals surface area contributed by atoms with E-state index >= 15 is 0 Å². The van der Waals surface area contributed by atoms with Crippen molar-refractivity contribution in [3.8, 4) is 0 Å². The van der Waals surface area contributed by atoms with Gasteiger partial charge in [-0.2, -0.15) is 0 Å². The second-order valence-electron chi connectivity index (χ2n) is 4.92. The zero-order valence-corrected chi connectivity index (χ0v) is 10.6. The molecule has 1 aromatic rings. The van der Waals surface area contributed by atoms with E-state index in [0.717, 1.165) is 18.5 Å². The number of benzene rings is 1. The van der Waals surface area contributed by atoms with Gasteiger partial charge in [-0.1, -0.05) is 30.3 Å². The van der Waals surface area contributed by atoms with Crippen LogP contribution in [0.1, 0.15) is 43.0 Å². The summed E-state index contributed by atoms with van der Waals surface area (Å²) in [5, 5.41) is 0. The average molecular weight is 231 g/mol. The zero-order valence-electron chi connectivity index (χ0n) is 10.6. The van der Waals surface area contributed by atoms with E-state index in [1.54, 1.807) is 0 Å². The summed E-state index contributed by atoms with van der Waals surface area (Å²) in [5.74, 6) is 0.275. The topological polar surface area (TPSA) is 20.3 Å². The van der Waals surface area contributed by atoms with E-state index in [9.17, 15) is 4.79 Å². The summed E-state index contributed by atoms with van der Waals surface area (Å²) in [5.41, 5.74) is 0.849. The lowest BCUT2D eigenvalue weighted by Crippen LogP contribution is -2.28. The summed E-state index contributed by atoms with van der Waals surface area (Å²) in [6.07, 6.45) is 4.28. The van der Waals surface area contributed by atoms with E-state index in [1.807, 2.05) is 30.3 Å². The van der Waals surface area contributed by atoms with Crippen LogP contribution in [0.4, 0.5) is 0 Å². The van der Waals surface area contributed by atoms with E-state index < -0.39 is 0 Å². The van der Waals surface area contributed by atoms with Gasteiger partial charge in [-0.3, -0.25) is 4.79 Å². The van der Waals surface area contributed by atoms with Crippen LogP contribution in [0.15, 0.2) is 30.3 Å². The lowest BCUT2D eigenvalue weighted by molar-refractivity contribution is 0.0974. The van der Waals surface area contributed by atoms with Crippen molar-refractivity contribution in [3.05, 3.63) is 35.9 Å². The van der Waals surface area contributed by atoms with Gasteiger partial charge in [0.2, 0.25) is 0 Å². The summed E-state index contributed by atoms with van der Waals surface area (Å²) in [4.78, 5) is 14.4. The molecule has 1 aliphatic rings. The number of ketones is 1. The van der Waals surface area contributed by atoms with Crippen LogP contribution in [0.5, 0.6) is 0 Å². The summed E-state index contributed by atoms with van der Waals surface area (Å²) in [6.45, 7) is 4.56. The highest BCUT2D eigenvalue weighted by Crippen LogP contribution is 2.17. The largest absolute Gasteiger partial charge is 0.301 e. The number of rotatable bonds is 5. The van der Waals surface area contributed by atoms with Crippen molar-refractivity contribution < 1.29 is 4.79 Å². The molecule has 0 aliphatic carbocycles. The number of carbonyl (C=O) groups excluding carboxylic acids is 1. The quantitative estimate of drug-likeness (QED) is 0.726. The molecular weight excluding hydrogens is 210 g/mol. The smallest absolute Gasteiger partial charge is 0.162 e. The highest BCUT2D eigenvalue weighted by molar-refractivity contribution is 5.95. The van der Waals surface area contributed by atoms with Crippen molar-refractivity contribution in [1.29, 1.82) is 0 Å². The first-order valence-electron chi connectivity index (χ1n) is 6.59. The molecule has 17 heavy (non-hydrogen) atoms. The first-order chi connectivity index (χ1) is 8.27. The number of nitrogens with zero attached hydrogens (tertiary/aromatic N) is 1. The molecule has 0 aromatic heterocycles. The molecule has 0 saturated carbocycles. The van der Waals surface area contributed by atoms with Gasteiger partial charge in [-0.15, -0.1) is 0 Å². The number of hydrogen-bond acceptors (Lipinski definition) is 2. The molecule has 2 nitrogen and oxygen atoms in total. The molecule has 92 valence electrons. The minimum absolute atomic E-state index is 0.275. The van der Waals surface area contributed by atoms with E-state index in [4.69, 9.17) is 0 Å². The van der Waals surface area contributed by atoms with Crippen molar-refractivity contribution in [1.82, 2.24) is 4.90 Å². The van der Waals surface area contributed by atoms with Crippen molar-refractivity contribution in [2.45, 2.75) is 38.6 Å². The number of hydrogen-bond donors (Lipinski definition) is 0. The van der Waals surface area contributed by atoms with Crippen molar-refractivity contribution in [2.75, 3.05) is 13.1 Å². The molecule has 0 N–H and O–H groups in total. The van der Waals surface area contributed by atoms with Gasteiger partial charge in [-0.25, -0.2) is 0 Å². The number of carbonyl (C=O) groups is 1. The van der Waals surface area contributed by atoms with Crippen molar-refractivity contribution >= 4 is 5.78 Å². The number of likely N-dealkylation sites (tertiary alicyclic amines) is 1. The standard InChI is InChI=1S/C15H21NO/c1-13-7-5-11-16(13)12-6-10-15(17)14-8-3-2-4-9-14/h2-4,8-9,13H,5-7,10-12H2,1H3. The molecular formula is C15H21NO. The van der Waals surface area contributed by atoms with Crippen LogP contribution < -0.4 is 0 Å². The predicted molar refractivity (Wildman–Crippen MR) is 70.3 cm³/mol. The van der Waals surface area contributed by atoms with Crippen LogP contribution in [0.2, 0.25) is 0 Å². The lowest BCUT2D eigenvalue weighted by Gasteiger charge is -2.20. The minimum Gasteiger partial charge on any atom is -0.301 e. The Morgan fingerprint density at radius 1 is 1.35 bits per heavy atom. The molecule has 1 aliphatic heterocycles. The van der Waals surface area contributed by atoms with Gasteiger partial charge in [0.15, 0.2) is 5.78 Å². The molecule has 2 rings (SSSR count). The van der Waals surface area contributed by atoms with Gasteiger partial charge >= 0.3 is 0 Å². The second kappa shape index (κ2) is 5.97. The van der Waals surface area contributed by atoms with E-state index in [-0.39, 0.29) is 5.78 Å². The molecule has 1 saturated heterocycles. The molecule has 2 heteroatoms. The van der Waals surface area contributed by atoms with Gasteiger partial charge in [0, 0.05) is 18.0 Å². The van der Waals surface area contributed by atoms with Crippen LogP contribution >= 0.6 is 0 Å². The SMILES string of the molecule is CC1CCCN1CCCC(=O)c1ccccc1. The predicted octanol–water partition coefficient (Wildman–Crippen LogP) is 3.13. The summed E-state index contributed by atoms with van der Waals surface area (Å²) >= 11 is 0. The molecule has 0 spiro atoms. The first-order valence-corrected chi connectivity index (χ1v) is 6.59. The van der Waals surface area contributed by atoms with Gasteiger partial charge in [-0.05, 0) is 39.3 Å². The minimum atomic E-state index is 0.275. The Labute approximate surface area is 104 Å².